The summed E-state index contributed by atoms with van der Waals surface area (Å²) in [6.45, 7) is 3.61. The highest BCUT2D eigenvalue weighted by Gasteiger charge is 2.34. The second-order valence-electron chi connectivity index (χ2n) is 5.83. The Morgan fingerprint density at radius 3 is 2.44 bits per heavy atom. The Labute approximate surface area is 110 Å². The van der Waals surface area contributed by atoms with E-state index in [2.05, 4.69) is 6.92 Å². The van der Waals surface area contributed by atoms with Crippen molar-refractivity contribution in [3.8, 4) is 0 Å². The number of carbonyl (C=O) groups excluding carboxylic acids is 1. The van der Waals surface area contributed by atoms with E-state index in [0.29, 0.717) is 11.8 Å². The van der Waals surface area contributed by atoms with Crippen molar-refractivity contribution in [2.24, 2.45) is 17.6 Å². The zero-order valence-corrected chi connectivity index (χ0v) is 11.6. The van der Waals surface area contributed by atoms with E-state index in [0.717, 1.165) is 45.3 Å². The normalized spacial score (nSPS) is 36.6. The number of rotatable bonds is 3. The summed E-state index contributed by atoms with van der Waals surface area (Å²) in [6.07, 6.45) is 5.38. The quantitative estimate of drug-likeness (QED) is 0.828. The van der Waals surface area contributed by atoms with Crippen molar-refractivity contribution in [3.05, 3.63) is 0 Å². The average molecular weight is 254 g/mol. The molecule has 2 N–H and O–H groups in total. The van der Waals surface area contributed by atoms with Gasteiger partial charge in [0.05, 0.1) is 12.1 Å². The minimum atomic E-state index is 0.180. The molecule has 1 saturated carbocycles. The minimum absolute atomic E-state index is 0.180. The molecule has 4 nitrogen and oxygen atoms in total. The van der Waals surface area contributed by atoms with Gasteiger partial charge in [-0.15, -0.1) is 0 Å². The Morgan fingerprint density at radius 1 is 1.28 bits per heavy atom. The van der Waals surface area contributed by atoms with E-state index in [1.165, 1.54) is 0 Å². The standard InChI is InChI=1S/C14H26N2O2/c1-10-13(7-8-18-10)16(2)14(17)12-5-3-11(9-15)4-6-12/h10-13H,3-9,15H2,1-2H3. The molecule has 0 aromatic carbocycles. The van der Waals surface area contributed by atoms with Crippen molar-refractivity contribution < 1.29 is 9.53 Å². The molecule has 1 saturated heterocycles. The lowest BCUT2D eigenvalue weighted by atomic mass is 9.81. The molecule has 0 radical (unpaired) electrons. The molecule has 1 aliphatic carbocycles. The van der Waals surface area contributed by atoms with Crippen molar-refractivity contribution in [2.75, 3.05) is 20.2 Å². The van der Waals surface area contributed by atoms with E-state index in [1.54, 1.807) is 0 Å². The van der Waals surface area contributed by atoms with Gasteiger partial charge in [0.15, 0.2) is 0 Å². The molecular formula is C14H26N2O2. The molecule has 2 fully saturated rings. The third kappa shape index (κ3) is 2.86. The molecule has 2 unspecified atom stereocenters. The van der Waals surface area contributed by atoms with Gasteiger partial charge in [-0.3, -0.25) is 4.79 Å². The highest BCUT2D eigenvalue weighted by atomic mass is 16.5. The first kappa shape index (κ1) is 13.8. The summed E-state index contributed by atoms with van der Waals surface area (Å²) in [5.41, 5.74) is 5.69. The van der Waals surface area contributed by atoms with Gasteiger partial charge in [-0.1, -0.05) is 0 Å². The summed E-state index contributed by atoms with van der Waals surface area (Å²) < 4.78 is 5.55. The SMILES string of the molecule is CC1OCCC1N(C)C(=O)C1CCC(CN)CC1. The summed E-state index contributed by atoms with van der Waals surface area (Å²) in [5, 5.41) is 0. The molecule has 1 aliphatic heterocycles. The summed E-state index contributed by atoms with van der Waals surface area (Å²) >= 11 is 0. The first-order valence-corrected chi connectivity index (χ1v) is 7.21. The zero-order valence-electron chi connectivity index (χ0n) is 11.6. The zero-order chi connectivity index (χ0) is 13.1. The molecule has 0 aromatic heterocycles. The lowest BCUT2D eigenvalue weighted by Crippen LogP contribution is -2.44. The van der Waals surface area contributed by atoms with Gasteiger partial charge in [-0.05, 0) is 51.5 Å². The smallest absolute Gasteiger partial charge is 0.225 e. The number of likely N-dealkylation sites (N-methyl/N-ethyl adjacent to an activating group) is 1. The maximum absolute atomic E-state index is 12.5. The van der Waals surface area contributed by atoms with Crippen LogP contribution in [0.2, 0.25) is 0 Å². The predicted octanol–water partition coefficient (Wildman–Crippen LogP) is 1.39. The van der Waals surface area contributed by atoms with E-state index >= 15 is 0 Å². The highest BCUT2D eigenvalue weighted by Crippen LogP contribution is 2.30. The summed E-state index contributed by atoms with van der Waals surface area (Å²) in [7, 11) is 1.94. The number of amides is 1. The van der Waals surface area contributed by atoms with Gasteiger partial charge in [0.25, 0.3) is 0 Å². The molecular weight excluding hydrogens is 228 g/mol. The van der Waals surface area contributed by atoms with Crippen LogP contribution in [0.3, 0.4) is 0 Å². The average Bonchev–Trinajstić information content (AvgIpc) is 2.83. The van der Waals surface area contributed by atoms with Gasteiger partial charge < -0.3 is 15.4 Å². The van der Waals surface area contributed by atoms with Crippen molar-refractivity contribution in [1.29, 1.82) is 0 Å². The first-order valence-electron chi connectivity index (χ1n) is 7.21. The molecule has 104 valence electrons. The molecule has 0 aromatic rings. The lowest BCUT2D eigenvalue weighted by molar-refractivity contribution is -0.138. The van der Waals surface area contributed by atoms with E-state index in [-0.39, 0.29) is 18.1 Å². The van der Waals surface area contributed by atoms with E-state index in [9.17, 15) is 4.79 Å². The number of nitrogens with zero attached hydrogens (tertiary/aromatic N) is 1. The van der Waals surface area contributed by atoms with Gasteiger partial charge in [-0.2, -0.15) is 0 Å². The van der Waals surface area contributed by atoms with Crippen LogP contribution in [0.1, 0.15) is 39.0 Å². The third-order valence-corrected chi connectivity index (χ3v) is 4.71. The maximum atomic E-state index is 12.5. The van der Waals surface area contributed by atoms with Gasteiger partial charge >= 0.3 is 0 Å². The molecule has 2 atom stereocenters. The summed E-state index contributed by atoms with van der Waals surface area (Å²) in [4.78, 5) is 14.4. The van der Waals surface area contributed by atoms with Crippen molar-refractivity contribution in [1.82, 2.24) is 4.90 Å². The Balaban J connectivity index is 1.87. The number of hydrogen-bond donors (Lipinski definition) is 1. The first-order chi connectivity index (χ1) is 8.63. The Kier molecular flexibility index (Phi) is 4.62. The number of carbonyl (C=O) groups is 1. The molecule has 2 aliphatic rings. The Bertz CT molecular complexity index is 288. The molecule has 1 amide bonds. The fourth-order valence-corrected chi connectivity index (χ4v) is 3.33. The Morgan fingerprint density at radius 2 is 1.94 bits per heavy atom. The molecule has 4 heteroatoms. The fourth-order valence-electron chi connectivity index (χ4n) is 3.33. The predicted molar refractivity (Wildman–Crippen MR) is 71.1 cm³/mol. The molecule has 0 spiro atoms. The van der Waals surface area contributed by atoms with Crippen LogP contribution >= 0.6 is 0 Å². The van der Waals surface area contributed by atoms with Crippen molar-refractivity contribution >= 4 is 5.91 Å². The fraction of sp³-hybridized carbons (Fsp3) is 0.929. The molecule has 1 heterocycles. The number of ether oxygens (including phenoxy) is 1. The van der Waals surface area contributed by atoms with Crippen LogP contribution in [0.25, 0.3) is 0 Å². The third-order valence-electron chi connectivity index (χ3n) is 4.71. The largest absolute Gasteiger partial charge is 0.376 e. The minimum Gasteiger partial charge on any atom is -0.376 e. The van der Waals surface area contributed by atoms with E-state index in [1.807, 2.05) is 11.9 Å². The van der Waals surface area contributed by atoms with Gasteiger partial charge in [0, 0.05) is 19.6 Å². The van der Waals surface area contributed by atoms with Crippen molar-refractivity contribution in [3.63, 3.8) is 0 Å². The van der Waals surface area contributed by atoms with E-state index in [4.69, 9.17) is 10.5 Å². The van der Waals surface area contributed by atoms with Crippen LogP contribution < -0.4 is 5.73 Å². The summed E-state index contributed by atoms with van der Waals surface area (Å²) in [5.74, 6) is 1.16. The highest BCUT2D eigenvalue weighted by molar-refractivity contribution is 5.79. The maximum Gasteiger partial charge on any atom is 0.225 e. The monoisotopic (exact) mass is 254 g/mol. The van der Waals surface area contributed by atoms with Crippen LogP contribution in [0.5, 0.6) is 0 Å². The molecule has 2 rings (SSSR count). The second-order valence-corrected chi connectivity index (χ2v) is 5.83. The lowest BCUT2D eigenvalue weighted by Gasteiger charge is -2.33. The summed E-state index contributed by atoms with van der Waals surface area (Å²) in [6, 6.07) is 0.268. The van der Waals surface area contributed by atoms with Crippen LogP contribution in [0, 0.1) is 11.8 Å². The topological polar surface area (TPSA) is 55.6 Å². The van der Waals surface area contributed by atoms with Gasteiger partial charge in [0.1, 0.15) is 0 Å². The van der Waals surface area contributed by atoms with Crippen LogP contribution in [-0.4, -0.2) is 43.2 Å². The number of nitrogens with two attached hydrogens (primary N) is 1. The van der Waals surface area contributed by atoms with Gasteiger partial charge in [-0.25, -0.2) is 0 Å². The second kappa shape index (κ2) is 6.02. The molecule has 18 heavy (non-hydrogen) atoms. The van der Waals surface area contributed by atoms with Crippen LogP contribution in [0.15, 0.2) is 0 Å². The molecule has 0 bridgehead atoms. The van der Waals surface area contributed by atoms with E-state index < -0.39 is 0 Å². The van der Waals surface area contributed by atoms with Crippen LogP contribution in [-0.2, 0) is 9.53 Å². The van der Waals surface area contributed by atoms with Crippen molar-refractivity contribution in [2.45, 2.75) is 51.2 Å². The van der Waals surface area contributed by atoms with Crippen LogP contribution in [0.4, 0.5) is 0 Å². The Hall–Kier alpha value is -0.610. The number of hydrogen-bond acceptors (Lipinski definition) is 3. The van der Waals surface area contributed by atoms with Gasteiger partial charge in [0.2, 0.25) is 5.91 Å².